The predicted molar refractivity (Wildman–Crippen MR) is 48.3 cm³/mol. The van der Waals surface area contributed by atoms with Crippen LogP contribution in [-0.2, 0) is 6.54 Å². The van der Waals surface area contributed by atoms with Crippen LogP contribution in [0.5, 0.6) is 0 Å². The number of hydrogen-bond acceptors (Lipinski definition) is 3. The Morgan fingerprint density at radius 2 is 2.21 bits per heavy atom. The monoisotopic (exact) mass is 192 g/mol. The van der Waals surface area contributed by atoms with Gasteiger partial charge in [-0.05, 0) is 6.42 Å². The second-order valence-corrected chi connectivity index (χ2v) is 3.60. The Hall–Kier alpha value is -1.52. The molecule has 1 saturated carbocycles. The molecule has 14 heavy (non-hydrogen) atoms. The number of halogens is 1. The van der Waals surface area contributed by atoms with E-state index in [1.807, 2.05) is 0 Å². The largest absolute Gasteiger partial charge is 0.250 e. The topological polar surface area (TPSA) is 43.6 Å². The number of aromatic nitrogens is 4. The number of hydrogen-bond donors (Lipinski definition) is 0. The fourth-order valence-corrected chi connectivity index (χ4v) is 1.57. The fourth-order valence-electron chi connectivity index (χ4n) is 1.57. The van der Waals surface area contributed by atoms with E-state index in [2.05, 4.69) is 15.1 Å². The molecule has 0 N–H and O–H groups in total. The molecular weight excluding hydrogens is 183 g/mol. The average molecular weight is 192 g/mol. The van der Waals surface area contributed by atoms with Gasteiger partial charge in [-0.1, -0.05) is 0 Å². The minimum Gasteiger partial charge on any atom is -0.250 e. The van der Waals surface area contributed by atoms with E-state index >= 15 is 0 Å². The number of alkyl halides is 1. The highest BCUT2D eigenvalue weighted by Crippen LogP contribution is 2.35. The quantitative estimate of drug-likeness (QED) is 0.717. The summed E-state index contributed by atoms with van der Waals surface area (Å²) in [6, 6.07) is 0. The zero-order valence-corrected chi connectivity index (χ0v) is 7.47. The zero-order valence-electron chi connectivity index (χ0n) is 7.47. The Labute approximate surface area is 79.8 Å². The summed E-state index contributed by atoms with van der Waals surface area (Å²) in [6.07, 6.45) is 4.93. The third-order valence-corrected chi connectivity index (χ3v) is 2.51. The minimum atomic E-state index is -0.647. The Morgan fingerprint density at radius 3 is 3.00 bits per heavy atom. The molecule has 0 aliphatic heterocycles. The van der Waals surface area contributed by atoms with Gasteiger partial charge in [-0.15, -0.1) is 0 Å². The van der Waals surface area contributed by atoms with Gasteiger partial charge >= 0.3 is 0 Å². The molecular formula is C9H9FN4. The molecule has 3 rings (SSSR count). The molecule has 0 aromatic carbocycles. The summed E-state index contributed by atoms with van der Waals surface area (Å²) >= 11 is 0. The molecule has 2 atom stereocenters. The summed E-state index contributed by atoms with van der Waals surface area (Å²) in [6.45, 7) is 0.614. The van der Waals surface area contributed by atoms with Gasteiger partial charge in [0.1, 0.15) is 11.7 Å². The van der Waals surface area contributed by atoms with Gasteiger partial charge < -0.3 is 0 Å². The van der Waals surface area contributed by atoms with Crippen molar-refractivity contribution in [2.45, 2.75) is 19.1 Å². The minimum absolute atomic E-state index is 0.125. The highest BCUT2D eigenvalue weighted by Gasteiger charge is 2.38. The van der Waals surface area contributed by atoms with E-state index in [9.17, 15) is 4.39 Å². The maximum Gasteiger partial charge on any atom is 0.176 e. The van der Waals surface area contributed by atoms with E-state index < -0.39 is 6.17 Å². The first-order chi connectivity index (χ1) is 6.84. The van der Waals surface area contributed by atoms with Gasteiger partial charge in [-0.3, -0.25) is 0 Å². The van der Waals surface area contributed by atoms with Crippen molar-refractivity contribution in [2.75, 3.05) is 0 Å². The lowest BCUT2D eigenvalue weighted by Crippen LogP contribution is -2.03. The van der Waals surface area contributed by atoms with Crippen LogP contribution in [0.2, 0.25) is 0 Å². The van der Waals surface area contributed by atoms with E-state index in [1.165, 1.54) is 0 Å². The first kappa shape index (κ1) is 7.84. The molecule has 0 spiro atoms. The lowest BCUT2D eigenvalue weighted by atomic mass is 10.4. The second kappa shape index (κ2) is 2.73. The van der Waals surface area contributed by atoms with E-state index in [-0.39, 0.29) is 5.92 Å². The molecule has 1 aliphatic carbocycles. The maximum atomic E-state index is 12.7. The second-order valence-electron chi connectivity index (χ2n) is 3.60. The summed E-state index contributed by atoms with van der Waals surface area (Å²) in [5.74, 6) is 0.125. The normalized spacial score (nSPS) is 25.5. The summed E-state index contributed by atoms with van der Waals surface area (Å²) in [5.41, 5.74) is 1.51. The van der Waals surface area contributed by atoms with Gasteiger partial charge in [0.15, 0.2) is 5.65 Å². The molecule has 5 heteroatoms. The molecule has 1 fully saturated rings. The van der Waals surface area contributed by atoms with Crippen LogP contribution in [0.15, 0.2) is 18.6 Å². The Balaban J connectivity index is 1.96. The van der Waals surface area contributed by atoms with E-state index in [1.54, 1.807) is 23.3 Å². The smallest absolute Gasteiger partial charge is 0.176 e. The predicted octanol–water partition coefficient (Wildman–Crippen LogP) is 1.18. The summed E-state index contributed by atoms with van der Waals surface area (Å²) in [4.78, 5) is 8.27. The van der Waals surface area contributed by atoms with Crippen LogP contribution in [0.25, 0.3) is 11.2 Å². The number of nitrogens with zero attached hydrogens (tertiary/aromatic N) is 4. The number of fused-ring (bicyclic) bond motifs is 1. The van der Waals surface area contributed by atoms with Gasteiger partial charge in [0.05, 0.1) is 6.20 Å². The molecule has 2 aromatic heterocycles. The first-order valence-electron chi connectivity index (χ1n) is 4.61. The van der Waals surface area contributed by atoms with Gasteiger partial charge in [-0.25, -0.2) is 19.0 Å². The van der Waals surface area contributed by atoms with E-state index in [4.69, 9.17) is 0 Å². The van der Waals surface area contributed by atoms with Crippen molar-refractivity contribution in [3.05, 3.63) is 18.6 Å². The lowest BCUT2D eigenvalue weighted by Gasteiger charge is -1.99. The van der Waals surface area contributed by atoms with Crippen molar-refractivity contribution >= 4 is 11.2 Å². The van der Waals surface area contributed by atoms with Gasteiger partial charge in [0.2, 0.25) is 0 Å². The van der Waals surface area contributed by atoms with Gasteiger partial charge in [0, 0.05) is 24.9 Å². The Morgan fingerprint density at radius 1 is 1.43 bits per heavy atom. The van der Waals surface area contributed by atoms with Crippen molar-refractivity contribution in [1.29, 1.82) is 0 Å². The molecule has 0 radical (unpaired) electrons. The Kier molecular flexibility index (Phi) is 1.53. The molecule has 2 heterocycles. The van der Waals surface area contributed by atoms with Gasteiger partial charge in [-0.2, -0.15) is 5.10 Å². The molecule has 0 saturated heterocycles. The molecule has 0 bridgehead atoms. The summed E-state index contributed by atoms with van der Waals surface area (Å²) < 4.78 is 14.4. The van der Waals surface area contributed by atoms with Crippen molar-refractivity contribution in [1.82, 2.24) is 19.7 Å². The Bertz CT molecular complexity index is 467. The highest BCUT2D eigenvalue weighted by molar-refractivity contribution is 5.68. The summed E-state index contributed by atoms with van der Waals surface area (Å²) in [7, 11) is 0. The van der Waals surface area contributed by atoms with Crippen LogP contribution < -0.4 is 0 Å². The molecule has 4 nitrogen and oxygen atoms in total. The van der Waals surface area contributed by atoms with E-state index in [0.717, 1.165) is 11.2 Å². The number of rotatable bonds is 2. The van der Waals surface area contributed by atoms with E-state index in [0.29, 0.717) is 13.0 Å². The highest BCUT2D eigenvalue weighted by atomic mass is 19.1. The van der Waals surface area contributed by atoms with Crippen molar-refractivity contribution < 1.29 is 4.39 Å². The third kappa shape index (κ3) is 1.16. The SMILES string of the molecule is F[C@@H]1C[C@H]1Cn1ncc2nccnc21. The van der Waals surface area contributed by atoms with Crippen LogP contribution in [0, 0.1) is 5.92 Å². The maximum absolute atomic E-state index is 12.7. The van der Waals surface area contributed by atoms with Crippen LogP contribution in [0.4, 0.5) is 4.39 Å². The van der Waals surface area contributed by atoms with Gasteiger partial charge in [0.25, 0.3) is 0 Å². The van der Waals surface area contributed by atoms with Crippen molar-refractivity contribution in [3.63, 3.8) is 0 Å². The molecule has 72 valence electrons. The third-order valence-electron chi connectivity index (χ3n) is 2.51. The molecule has 0 amide bonds. The average Bonchev–Trinajstić information content (AvgIpc) is 2.75. The summed E-state index contributed by atoms with van der Waals surface area (Å²) in [5, 5.41) is 4.13. The lowest BCUT2D eigenvalue weighted by molar-refractivity contribution is 0.419. The fraction of sp³-hybridized carbons (Fsp3) is 0.444. The van der Waals surface area contributed by atoms with Crippen LogP contribution in [-0.4, -0.2) is 25.9 Å². The van der Waals surface area contributed by atoms with Crippen LogP contribution in [0.1, 0.15) is 6.42 Å². The van der Waals surface area contributed by atoms with Crippen molar-refractivity contribution in [3.8, 4) is 0 Å². The van der Waals surface area contributed by atoms with Crippen LogP contribution in [0.3, 0.4) is 0 Å². The van der Waals surface area contributed by atoms with Crippen LogP contribution >= 0.6 is 0 Å². The molecule has 1 aliphatic rings. The van der Waals surface area contributed by atoms with Crippen molar-refractivity contribution in [2.24, 2.45) is 5.92 Å². The zero-order chi connectivity index (χ0) is 9.54. The first-order valence-corrected chi connectivity index (χ1v) is 4.61. The standard InChI is InChI=1S/C9H9FN4/c10-7-3-6(7)5-14-9-8(4-13-14)11-1-2-12-9/h1-2,4,6-7H,3,5H2/t6-,7+/m0/s1. The molecule has 0 unspecified atom stereocenters. The molecule has 2 aromatic rings.